The fourth-order valence-electron chi connectivity index (χ4n) is 0.918. The fourth-order valence-corrected chi connectivity index (χ4v) is 0.918. The molecule has 4 heteroatoms. The quantitative estimate of drug-likeness (QED) is 0.742. The highest BCUT2D eigenvalue weighted by molar-refractivity contribution is 5.70. The van der Waals surface area contributed by atoms with Gasteiger partial charge in [-0.25, -0.2) is 0 Å². The topological polar surface area (TPSA) is 78.0 Å². The lowest BCUT2D eigenvalue weighted by molar-refractivity contribution is -0.136. The van der Waals surface area contributed by atoms with Crippen LogP contribution < -0.4 is 4.74 Å². The lowest BCUT2D eigenvalue weighted by atomic mass is 10.1. The van der Waals surface area contributed by atoms with Crippen LogP contribution in [0.25, 0.3) is 0 Å². The average molecular weight is 184 g/mol. The summed E-state index contributed by atoms with van der Waals surface area (Å²) in [6.07, 6.45) is 0.0595. The van der Waals surface area contributed by atoms with Crippen LogP contribution >= 0.6 is 0 Å². The van der Waals surface area contributed by atoms with Crippen molar-refractivity contribution in [3.05, 3.63) is 29.8 Å². The summed E-state index contributed by atoms with van der Waals surface area (Å²) in [7, 11) is 1.58. The van der Waals surface area contributed by atoms with E-state index in [1.165, 1.54) is 0 Å². The molecule has 0 aliphatic carbocycles. The zero-order valence-electron chi connectivity index (χ0n) is 7.28. The Bertz CT molecular complexity index is 265. The number of aliphatic carboxylic acids is 1. The van der Waals surface area contributed by atoms with Gasteiger partial charge in [-0.1, -0.05) is 12.1 Å². The summed E-state index contributed by atoms with van der Waals surface area (Å²) in [4.78, 5) is 10.3. The van der Waals surface area contributed by atoms with Crippen LogP contribution in [0, 0.1) is 0 Å². The number of benzene rings is 1. The SMILES string of the molecule is COc1ccc(CC(=O)O)cc1.O. The summed E-state index contributed by atoms with van der Waals surface area (Å²) in [5.74, 6) is -0.0793. The zero-order valence-corrected chi connectivity index (χ0v) is 7.28. The molecule has 0 heterocycles. The maximum atomic E-state index is 10.3. The summed E-state index contributed by atoms with van der Waals surface area (Å²) >= 11 is 0. The smallest absolute Gasteiger partial charge is 0.307 e. The zero-order chi connectivity index (χ0) is 8.97. The summed E-state index contributed by atoms with van der Waals surface area (Å²) in [6, 6.07) is 6.98. The van der Waals surface area contributed by atoms with Crippen molar-refractivity contribution in [3.8, 4) is 5.75 Å². The van der Waals surface area contributed by atoms with Gasteiger partial charge in [-0.2, -0.15) is 0 Å². The molecule has 72 valence electrons. The van der Waals surface area contributed by atoms with E-state index in [0.29, 0.717) is 0 Å². The summed E-state index contributed by atoms with van der Waals surface area (Å²) in [5, 5.41) is 8.46. The van der Waals surface area contributed by atoms with E-state index in [2.05, 4.69) is 0 Å². The van der Waals surface area contributed by atoms with Crippen LogP contribution in [0.3, 0.4) is 0 Å². The Kier molecular flexibility index (Phi) is 4.54. The molecule has 0 atom stereocenters. The van der Waals surface area contributed by atoms with Gasteiger partial charge >= 0.3 is 5.97 Å². The lowest BCUT2D eigenvalue weighted by Crippen LogP contribution is -1.99. The van der Waals surface area contributed by atoms with Gasteiger partial charge in [0, 0.05) is 0 Å². The molecule has 0 spiro atoms. The Morgan fingerprint density at radius 3 is 2.31 bits per heavy atom. The van der Waals surface area contributed by atoms with Gasteiger partial charge in [-0.3, -0.25) is 4.79 Å². The van der Waals surface area contributed by atoms with Gasteiger partial charge in [-0.15, -0.1) is 0 Å². The maximum Gasteiger partial charge on any atom is 0.307 e. The highest BCUT2D eigenvalue weighted by atomic mass is 16.5. The summed E-state index contributed by atoms with van der Waals surface area (Å²) in [5.41, 5.74) is 0.781. The highest BCUT2D eigenvalue weighted by Crippen LogP contribution is 2.11. The molecular formula is C9H12O4. The number of hydrogen-bond donors (Lipinski definition) is 1. The molecule has 4 nitrogen and oxygen atoms in total. The van der Waals surface area contributed by atoms with Crippen LogP contribution in [-0.2, 0) is 11.2 Å². The predicted octanol–water partition coefficient (Wildman–Crippen LogP) is 0.498. The number of rotatable bonds is 3. The van der Waals surface area contributed by atoms with Crippen LogP contribution in [0.4, 0.5) is 0 Å². The van der Waals surface area contributed by atoms with Crippen LogP contribution in [0.5, 0.6) is 5.75 Å². The molecule has 0 radical (unpaired) electrons. The van der Waals surface area contributed by atoms with Crippen LogP contribution in [0.15, 0.2) is 24.3 Å². The highest BCUT2D eigenvalue weighted by Gasteiger charge is 1.99. The molecule has 13 heavy (non-hydrogen) atoms. The molecule has 0 aliphatic rings. The van der Waals surface area contributed by atoms with Crippen LogP contribution in [-0.4, -0.2) is 23.7 Å². The molecule has 1 aromatic rings. The van der Waals surface area contributed by atoms with Crippen molar-refractivity contribution in [2.45, 2.75) is 6.42 Å². The Balaban J connectivity index is 0.00000144. The molecular weight excluding hydrogens is 172 g/mol. The van der Waals surface area contributed by atoms with Gasteiger partial charge in [0.1, 0.15) is 5.75 Å². The van der Waals surface area contributed by atoms with Crippen molar-refractivity contribution in [2.75, 3.05) is 7.11 Å². The third-order valence-electron chi connectivity index (χ3n) is 1.51. The van der Waals surface area contributed by atoms with Crippen molar-refractivity contribution in [2.24, 2.45) is 0 Å². The third kappa shape index (κ3) is 3.57. The molecule has 0 saturated heterocycles. The second-order valence-corrected chi connectivity index (χ2v) is 2.42. The van der Waals surface area contributed by atoms with Crippen molar-refractivity contribution in [1.82, 2.24) is 0 Å². The number of methoxy groups -OCH3 is 1. The minimum absolute atomic E-state index is 0. The molecule has 1 aromatic carbocycles. The minimum atomic E-state index is -0.819. The minimum Gasteiger partial charge on any atom is -0.497 e. The summed E-state index contributed by atoms with van der Waals surface area (Å²) < 4.78 is 4.93. The molecule has 3 N–H and O–H groups in total. The first kappa shape index (κ1) is 11.4. The third-order valence-corrected chi connectivity index (χ3v) is 1.51. The Morgan fingerprint density at radius 1 is 1.38 bits per heavy atom. The van der Waals surface area contributed by atoms with Gasteiger partial charge in [0.15, 0.2) is 0 Å². The number of carboxylic acids is 1. The first-order chi connectivity index (χ1) is 5.72. The van der Waals surface area contributed by atoms with Gasteiger partial charge < -0.3 is 15.3 Å². The van der Waals surface area contributed by atoms with Gasteiger partial charge in [0.25, 0.3) is 0 Å². The van der Waals surface area contributed by atoms with Crippen molar-refractivity contribution >= 4 is 5.97 Å². The molecule has 0 unspecified atom stereocenters. The maximum absolute atomic E-state index is 10.3. The van der Waals surface area contributed by atoms with Gasteiger partial charge in [0.2, 0.25) is 0 Å². The molecule has 1 rings (SSSR count). The van der Waals surface area contributed by atoms with E-state index >= 15 is 0 Å². The molecule has 0 bridgehead atoms. The fraction of sp³-hybridized carbons (Fsp3) is 0.222. The van der Waals surface area contributed by atoms with E-state index in [4.69, 9.17) is 9.84 Å². The number of carboxylic acid groups (broad SMARTS) is 1. The van der Waals surface area contributed by atoms with Crippen LogP contribution in [0.2, 0.25) is 0 Å². The molecule has 0 aromatic heterocycles. The molecule has 0 amide bonds. The molecule has 0 aliphatic heterocycles. The van der Waals surface area contributed by atoms with Gasteiger partial charge in [0.05, 0.1) is 13.5 Å². The summed E-state index contributed by atoms with van der Waals surface area (Å²) in [6.45, 7) is 0. The van der Waals surface area contributed by atoms with Crippen molar-refractivity contribution in [3.63, 3.8) is 0 Å². The Hall–Kier alpha value is -1.55. The largest absolute Gasteiger partial charge is 0.497 e. The van der Waals surface area contributed by atoms with E-state index in [9.17, 15) is 4.79 Å². The average Bonchev–Trinajstić information content (AvgIpc) is 2.05. The first-order valence-electron chi connectivity index (χ1n) is 3.57. The van der Waals surface area contributed by atoms with E-state index in [1.807, 2.05) is 0 Å². The lowest BCUT2D eigenvalue weighted by Gasteiger charge is -1.99. The normalized spacial score (nSPS) is 8.69. The standard InChI is InChI=1S/C9H10O3.H2O/c1-12-8-4-2-7(3-5-8)6-9(10)11;/h2-5H,6H2,1H3,(H,10,11);1H2. The second kappa shape index (κ2) is 5.16. The monoisotopic (exact) mass is 184 g/mol. The van der Waals surface area contributed by atoms with E-state index in [-0.39, 0.29) is 11.9 Å². The predicted molar refractivity (Wildman–Crippen MR) is 47.9 cm³/mol. The second-order valence-electron chi connectivity index (χ2n) is 2.42. The number of carbonyl (C=O) groups is 1. The Morgan fingerprint density at radius 2 is 1.92 bits per heavy atom. The molecule has 0 fully saturated rings. The number of ether oxygens (including phenoxy) is 1. The van der Waals surface area contributed by atoms with Gasteiger partial charge in [-0.05, 0) is 17.7 Å². The number of hydrogen-bond acceptors (Lipinski definition) is 2. The molecule has 0 saturated carbocycles. The first-order valence-corrected chi connectivity index (χ1v) is 3.57. The van der Waals surface area contributed by atoms with Crippen molar-refractivity contribution in [1.29, 1.82) is 0 Å². The van der Waals surface area contributed by atoms with Crippen molar-refractivity contribution < 1.29 is 20.1 Å². The van der Waals surface area contributed by atoms with Crippen LogP contribution in [0.1, 0.15) is 5.56 Å². The van der Waals surface area contributed by atoms with E-state index < -0.39 is 5.97 Å². The van der Waals surface area contributed by atoms with E-state index in [1.54, 1.807) is 31.4 Å². The van der Waals surface area contributed by atoms with E-state index in [0.717, 1.165) is 11.3 Å². The Labute approximate surface area is 76.1 Å².